The van der Waals surface area contributed by atoms with E-state index in [4.69, 9.17) is 0 Å². The molecule has 0 aliphatic carbocycles. The molecule has 1 N–H and O–H groups in total. The van der Waals surface area contributed by atoms with Gasteiger partial charge in [-0.05, 0) is 30.7 Å². The molecule has 1 unspecified atom stereocenters. The Morgan fingerprint density at radius 2 is 1.67 bits per heavy atom. The highest BCUT2D eigenvalue weighted by Gasteiger charge is 2.15. The second-order valence-electron chi connectivity index (χ2n) is 4.94. The summed E-state index contributed by atoms with van der Waals surface area (Å²) in [7, 11) is 0. The Kier molecular flexibility index (Phi) is 4.61. The van der Waals surface area contributed by atoms with E-state index in [9.17, 15) is 5.11 Å². The van der Waals surface area contributed by atoms with Crippen molar-refractivity contribution in [1.82, 2.24) is 4.90 Å². The summed E-state index contributed by atoms with van der Waals surface area (Å²) in [5.41, 5.74) is 2.30. The van der Waals surface area contributed by atoms with Gasteiger partial charge in [-0.25, -0.2) is 0 Å². The minimum Gasteiger partial charge on any atom is -0.388 e. The zero-order valence-corrected chi connectivity index (χ0v) is 11.5. The molecule has 18 heavy (non-hydrogen) atoms. The van der Waals surface area contributed by atoms with E-state index in [0.717, 1.165) is 44.7 Å². The highest BCUT2D eigenvalue weighted by Crippen LogP contribution is 2.21. The first-order valence-electron chi connectivity index (χ1n) is 7.00. The summed E-state index contributed by atoms with van der Waals surface area (Å²) in [6, 6.07) is 8.37. The van der Waals surface area contributed by atoms with Gasteiger partial charge in [-0.15, -0.1) is 0 Å². The first-order chi connectivity index (χ1) is 8.74. The standard InChI is InChI=1S/C15H24N2O/c1-3-15(18)13-5-7-14(8-6-13)17-11-9-16(4-2)10-12-17/h5-8,15,18H,3-4,9-12H2,1-2H3. The van der Waals surface area contributed by atoms with Crippen molar-refractivity contribution in [1.29, 1.82) is 0 Å². The van der Waals surface area contributed by atoms with Crippen LogP contribution in [-0.2, 0) is 0 Å². The third-order valence-corrected chi connectivity index (χ3v) is 3.85. The maximum Gasteiger partial charge on any atom is 0.0787 e. The Balaban J connectivity index is 1.98. The third-order valence-electron chi connectivity index (χ3n) is 3.85. The van der Waals surface area contributed by atoms with Gasteiger partial charge in [0.2, 0.25) is 0 Å². The molecule has 1 aliphatic heterocycles. The van der Waals surface area contributed by atoms with E-state index in [2.05, 4.69) is 41.0 Å². The van der Waals surface area contributed by atoms with Crippen LogP contribution in [0.3, 0.4) is 0 Å². The van der Waals surface area contributed by atoms with Crippen molar-refractivity contribution >= 4 is 5.69 Å². The predicted octanol–water partition coefficient (Wildman–Crippen LogP) is 2.27. The smallest absolute Gasteiger partial charge is 0.0787 e. The van der Waals surface area contributed by atoms with Crippen LogP contribution in [0.1, 0.15) is 31.9 Å². The topological polar surface area (TPSA) is 26.7 Å². The molecule has 0 spiro atoms. The zero-order valence-electron chi connectivity index (χ0n) is 11.5. The highest BCUT2D eigenvalue weighted by molar-refractivity contribution is 5.48. The van der Waals surface area contributed by atoms with Crippen molar-refractivity contribution in [2.45, 2.75) is 26.4 Å². The number of likely N-dealkylation sites (N-methyl/N-ethyl adjacent to an activating group) is 1. The molecular weight excluding hydrogens is 224 g/mol. The number of rotatable bonds is 4. The van der Waals surface area contributed by atoms with E-state index in [1.165, 1.54) is 5.69 Å². The summed E-state index contributed by atoms with van der Waals surface area (Å²) in [6.07, 6.45) is 0.449. The fraction of sp³-hybridized carbons (Fsp3) is 0.600. The van der Waals surface area contributed by atoms with E-state index in [1.54, 1.807) is 0 Å². The van der Waals surface area contributed by atoms with Crippen molar-refractivity contribution in [3.63, 3.8) is 0 Å². The SMILES string of the molecule is CCC(O)c1ccc(N2CCN(CC)CC2)cc1. The summed E-state index contributed by atoms with van der Waals surface area (Å²) < 4.78 is 0. The molecule has 2 rings (SSSR count). The third kappa shape index (κ3) is 3.03. The Morgan fingerprint density at radius 3 is 2.17 bits per heavy atom. The fourth-order valence-electron chi connectivity index (χ4n) is 2.47. The van der Waals surface area contributed by atoms with Gasteiger partial charge in [-0.1, -0.05) is 26.0 Å². The van der Waals surface area contributed by atoms with E-state index >= 15 is 0 Å². The van der Waals surface area contributed by atoms with Gasteiger partial charge >= 0.3 is 0 Å². The molecule has 1 fully saturated rings. The monoisotopic (exact) mass is 248 g/mol. The lowest BCUT2D eigenvalue weighted by Crippen LogP contribution is -2.46. The van der Waals surface area contributed by atoms with Crippen LogP contribution >= 0.6 is 0 Å². The molecule has 0 saturated carbocycles. The van der Waals surface area contributed by atoms with Crippen molar-refractivity contribution in [3.05, 3.63) is 29.8 Å². The van der Waals surface area contributed by atoms with Crippen molar-refractivity contribution in [2.24, 2.45) is 0 Å². The number of nitrogens with zero attached hydrogens (tertiary/aromatic N) is 2. The van der Waals surface area contributed by atoms with Crippen LogP contribution in [0.15, 0.2) is 24.3 Å². The van der Waals surface area contributed by atoms with Crippen LogP contribution < -0.4 is 4.90 Å². The number of anilines is 1. The highest BCUT2D eigenvalue weighted by atomic mass is 16.3. The molecule has 0 radical (unpaired) electrons. The van der Waals surface area contributed by atoms with Crippen molar-refractivity contribution in [3.8, 4) is 0 Å². The van der Waals surface area contributed by atoms with Gasteiger partial charge in [0.25, 0.3) is 0 Å². The van der Waals surface area contributed by atoms with Gasteiger partial charge in [0.15, 0.2) is 0 Å². The van der Waals surface area contributed by atoms with Gasteiger partial charge in [-0.2, -0.15) is 0 Å². The molecule has 0 amide bonds. The summed E-state index contributed by atoms with van der Waals surface area (Å²) in [6.45, 7) is 9.87. The number of benzene rings is 1. The molecule has 3 heteroatoms. The maximum atomic E-state index is 9.78. The zero-order chi connectivity index (χ0) is 13.0. The van der Waals surface area contributed by atoms with Gasteiger partial charge in [0, 0.05) is 31.9 Å². The van der Waals surface area contributed by atoms with E-state index < -0.39 is 0 Å². The summed E-state index contributed by atoms with van der Waals surface area (Å²) in [5, 5.41) is 9.78. The Hall–Kier alpha value is -1.06. The second-order valence-corrected chi connectivity index (χ2v) is 4.94. The molecule has 1 aromatic rings. The fourth-order valence-corrected chi connectivity index (χ4v) is 2.47. The van der Waals surface area contributed by atoms with Gasteiger partial charge < -0.3 is 14.9 Å². The van der Waals surface area contributed by atoms with Crippen LogP contribution in [0.5, 0.6) is 0 Å². The minimum absolute atomic E-state index is 0.323. The Morgan fingerprint density at radius 1 is 1.06 bits per heavy atom. The molecule has 0 aromatic heterocycles. The Labute approximate surface area is 110 Å². The second kappa shape index (κ2) is 6.21. The van der Waals surface area contributed by atoms with Crippen molar-refractivity contribution < 1.29 is 5.11 Å². The predicted molar refractivity (Wildman–Crippen MR) is 76.0 cm³/mol. The largest absolute Gasteiger partial charge is 0.388 e. The van der Waals surface area contributed by atoms with Gasteiger partial charge in [0.05, 0.1) is 6.10 Å². The minimum atomic E-state index is -0.323. The molecule has 1 aromatic carbocycles. The lowest BCUT2D eigenvalue weighted by molar-refractivity contribution is 0.173. The number of hydrogen-bond donors (Lipinski definition) is 1. The molecule has 100 valence electrons. The van der Waals surface area contributed by atoms with Crippen LogP contribution in [0, 0.1) is 0 Å². The molecule has 1 aliphatic rings. The molecule has 1 heterocycles. The molecular formula is C15H24N2O. The van der Waals surface area contributed by atoms with Crippen LogP contribution in [-0.4, -0.2) is 42.7 Å². The summed E-state index contributed by atoms with van der Waals surface area (Å²) >= 11 is 0. The van der Waals surface area contributed by atoms with E-state index in [-0.39, 0.29) is 6.10 Å². The van der Waals surface area contributed by atoms with E-state index in [0.29, 0.717) is 0 Å². The number of aliphatic hydroxyl groups excluding tert-OH is 1. The van der Waals surface area contributed by atoms with Crippen LogP contribution in [0.2, 0.25) is 0 Å². The van der Waals surface area contributed by atoms with Gasteiger partial charge in [-0.3, -0.25) is 0 Å². The average molecular weight is 248 g/mol. The number of hydrogen-bond acceptors (Lipinski definition) is 3. The molecule has 1 saturated heterocycles. The average Bonchev–Trinajstić information content (AvgIpc) is 2.47. The lowest BCUT2D eigenvalue weighted by atomic mass is 10.1. The summed E-state index contributed by atoms with van der Waals surface area (Å²) in [4.78, 5) is 4.90. The van der Waals surface area contributed by atoms with Crippen molar-refractivity contribution in [2.75, 3.05) is 37.6 Å². The number of piperazine rings is 1. The van der Waals surface area contributed by atoms with Gasteiger partial charge in [0.1, 0.15) is 0 Å². The quantitative estimate of drug-likeness (QED) is 0.885. The Bertz CT molecular complexity index is 355. The first-order valence-corrected chi connectivity index (χ1v) is 7.00. The molecule has 3 nitrogen and oxygen atoms in total. The number of aliphatic hydroxyl groups is 1. The maximum absolute atomic E-state index is 9.78. The summed E-state index contributed by atoms with van der Waals surface area (Å²) in [5.74, 6) is 0. The molecule has 1 atom stereocenters. The normalized spacial score (nSPS) is 18.9. The van der Waals surface area contributed by atoms with Crippen LogP contribution in [0.4, 0.5) is 5.69 Å². The van der Waals surface area contributed by atoms with E-state index in [1.807, 2.05) is 6.92 Å². The van der Waals surface area contributed by atoms with Crippen LogP contribution in [0.25, 0.3) is 0 Å². The first kappa shape index (κ1) is 13.4. The lowest BCUT2D eigenvalue weighted by Gasteiger charge is -2.35. The molecule has 0 bridgehead atoms.